The van der Waals surface area contributed by atoms with Crippen LogP contribution in [-0.2, 0) is 20.4 Å². The zero-order valence-corrected chi connectivity index (χ0v) is 15.3. The number of carbonyl (C=O) groups excluding carboxylic acids is 2. The van der Waals surface area contributed by atoms with Crippen LogP contribution < -0.4 is 9.47 Å². The number of rotatable bonds is 0. The van der Waals surface area contributed by atoms with Crippen molar-refractivity contribution in [2.75, 3.05) is 0 Å². The minimum atomic E-state index is -0.618. The molecule has 0 aromatic heterocycles. The molecule has 1 saturated carbocycles. The van der Waals surface area contributed by atoms with E-state index in [4.69, 9.17) is 9.47 Å². The lowest BCUT2D eigenvalue weighted by atomic mass is 9.35. The van der Waals surface area contributed by atoms with Crippen molar-refractivity contribution < 1.29 is 19.1 Å². The third-order valence-corrected chi connectivity index (χ3v) is 6.73. The molecule has 4 nitrogen and oxygen atoms in total. The van der Waals surface area contributed by atoms with E-state index in [1.165, 1.54) is 0 Å². The van der Waals surface area contributed by atoms with Gasteiger partial charge >= 0.3 is 11.9 Å². The fourth-order valence-corrected chi connectivity index (χ4v) is 5.74. The van der Waals surface area contributed by atoms with E-state index >= 15 is 0 Å². The molecule has 2 aliphatic heterocycles. The van der Waals surface area contributed by atoms with Crippen LogP contribution in [0.15, 0.2) is 36.4 Å². The fourth-order valence-electron chi connectivity index (χ4n) is 5.74. The molecule has 0 atom stereocenters. The molecule has 1 fully saturated rings. The number of carbonyl (C=O) groups is 2. The van der Waals surface area contributed by atoms with E-state index < -0.39 is 22.7 Å². The molecule has 0 amide bonds. The molecular formula is C22H20O4. The molecule has 1 aliphatic carbocycles. The molecule has 0 radical (unpaired) electrons. The Bertz CT molecular complexity index is 914. The summed E-state index contributed by atoms with van der Waals surface area (Å²) < 4.78 is 11.4. The van der Waals surface area contributed by atoms with E-state index in [2.05, 4.69) is 0 Å². The van der Waals surface area contributed by atoms with E-state index in [9.17, 15) is 9.59 Å². The summed E-state index contributed by atoms with van der Waals surface area (Å²) in [4.78, 5) is 26.0. The molecule has 4 heteroatoms. The largest absolute Gasteiger partial charge is 0.426 e. The first kappa shape index (κ1) is 15.6. The van der Waals surface area contributed by atoms with Crippen LogP contribution in [0.1, 0.15) is 36.1 Å². The quantitative estimate of drug-likeness (QED) is 0.539. The van der Waals surface area contributed by atoms with E-state index in [1.54, 1.807) is 0 Å². The number of esters is 2. The van der Waals surface area contributed by atoms with E-state index in [1.807, 2.05) is 64.1 Å². The summed E-state index contributed by atoms with van der Waals surface area (Å²) in [5.74, 6) is -0.207. The Morgan fingerprint density at radius 1 is 0.731 bits per heavy atom. The molecule has 0 unspecified atom stereocenters. The minimum absolute atomic E-state index is 0.259. The Labute approximate surface area is 152 Å². The van der Waals surface area contributed by atoms with Gasteiger partial charge in [0.05, 0.1) is 11.8 Å². The van der Waals surface area contributed by atoms with Gasteiger partial charge in [0.15, 0.2) is 0 Å². The van der Waals surface area contributed by atoms with Crippen LogP contribution in [-0.4, -0.2) is 11.9 Å². The number of fused-ring (bicyclic) bond motifs is 8. The van der Waals surface area contributed by atoms with Gasteiger partial charge in [-0.05, 0) is 37.1 Å². The summed E-state index contributed by atoms with van der Waals surface area (Å²) in [5.41, 5.74) is 2.64. The smallest absolute Gasteiger partial charge is 0.316 e. The lowest BCUT2D eigenvalue weighted by Gasteiger charge is -2.66. The van der Waals surface area contributed by atoms with Gasteiger partial charge in [-0.1, -0.05) is 38.1 Å². The first-order valence-electron chi connectivity index (χ1n) is 8.93. The maximum absolute atomic E-state index is 13.0. The maximum Gasteiger partial charge on any atom is 0.316 e. The van der Waals surface area contributed by atoms with Crippen LogP contribution in [0.3, 0.4) is 0 Å². The van der Waals surface area contributed by atoms with Crippen LogP contribution >= 0.6 is 0 Å². The van der Waals surface area contributed by atoms with Crippen molar-refractivity contribution in [1.29, 1.82) is 0 Å². The first-order chi connectivity index (χ1) is 12.3. The lowest BCUT2D eigenvalue weighted by molar-refractivity contribution is -0.184. The van der Waals surface area contributed by atoms with Crippen LogP contribution in [0.4, 0.5) is 0 Å². The van der Waals surface area contributed by atoms with E-state index in [0.717, 1.165) is 22.3 Å². The molecule has 0 spiro atoms. The molecule has 2 heterocycles. The molecule has 2 aromatic rings. The van der Waals surface area contributed by atoms with Crippen molar-refractivity contribution in [1.82, 2.24) is 0 Å². The predicted molar refractivity (Wildman–Crippen MR) is 95.3 cm³/mol. The van der Waals surface area contributed by atoms with Gasteiger partial charge in [-0.3, -0.25) is 9.59 Å². The molecule has 0 saturated heterocycles. The lowest BCUT2D eigenvalue weighted by Crippen LogP contribution is -2.75. The van der Waals surface area contributed by atoms with Crippen molar-refractivity contribution in [2.45, 2.75) is 38.5 Å². The second kappa shape index (κ2) is 4.56. The van der Waals surface area contributed by atoms with Gasteiger partial charge < -0.3 is 9.47 Å². The highest BCUT2D eigenvalue weighted by atomic mass is 16.5. The summed E-state index contributed by atoms with van der Waals surface area (Å²) in [6, 6.07) is 11.7. The van der Waals surface area contributed by atoms with Gasteiger partial charge in [-0.15, -0.1) is 0 Å². The Balaban J connectivity index is 1.76. The maximum atomic E-state index is 13.0. The fraction of sp³-hybridized carbons (Fsp3) is 0.364. The number of aryl methyl sites for hydroxylation is 2. The van der Waals surface area contributed by atoms with Crippen LogP contribution in [0, 0.1) is 25.7 Å². The highest BCUT2D eigenvalue weighted by molar-refractivity contribution is 5.94. The molecule has 26 heavy (non-hydrogen) atoms. The molecule has 0 bridgehead atoms. The standard InChI is InChI=1S/C22H20O4/c1-11-5-7-13-15(9-11)25-19(23)17-21(13,3)18-20(24)26-16-10-12(2)6-8-14(16)22(17,18)4/h5-10,17-18H,1-4H3. The summed E-state index contributed by atoms with van der Waals surface area (Å²) in [6.45, 7) is 7.92. The number of hydrogen-bond acceptors (Lipinski definition) is 4. The van der Waals surface area contributed by atoms with Gasteiger partial charge in [0, 0.05) is 22.0 Å². The average molecular weight is 348 g/mol. The van der Waals surface area contributed by atoms with Gasteiger partial charge in [-0.2, -0.15) is 0 Å². The third kappa shape index (κ3) is 1.56. The highest BCUT2D eigenvalue weighted by Gasteiger charge is 2.77. The van der Waals surface area contributed by atoms with Crippen molar-refractivity contribution in [3.63, 3.8) is 0 Å². The Morgan fingerprint density at radius 2 is 1.12 bits per heavy atom. The second-order valence-corrected chi connectivity index (χ2v) is 8.27. The summed E-state index contributed by atoms with van der Waals surface area (Å²) in [7, 11) is 0. The molecule has 3 aliphatic rings. The normalized spacial score (nSPS) is 33.7. The summed E-state index contributed by atoms with van der Waals surface area (Å²) in [5, 5.41) is 0. The monoisotopic (exact) mass is 348 g/mol. The first-order valence-corrected chi connectivity index (χ1v) is 8.93. The number of hydrogen-bond donors (Lipinski definition) is 0. The van der Waals surface area contributed by atoms with Crippen LogP contribution in [0.2, 0.25) is 0 Å². The summed E-state index contributed by atoms with van der Waals surface area (Å²) in [6.07, 6.45) is 0. The Kier molecular flexibility index (Phi) is 2.74. The van der Waals surface area contributed by atoms with Crippen LogP contribution in [0.5, 0.6) is 11.5 Å². The molecular weight excluding hydrogens is 328 g/mol. The zero-order valence-electron chi connectivity index (χ0n) is 15.3. The van der Waals surface area contributed by atoms with Gasteiger partial charge in [0.25, 0.3) is 0 Å². The zero-order chi connectivity index (χ0) is 18.4. The van der Waals surface area contributed by atoms with E-state index in [0.29, 0.717) is 11.5 Å². The van der Waals surface area contributed by atoms with Gasteiger partial charge in [-0.25, -0.2) is 0 Å². The highest BCUT2D eigenvalue weighted by Crippen LogP contribution is 2.70. The van der Waals surface area contributed by atoms with Crippen molar-refractivity contribution in [3.8, 4) is 11.5 Å². The average Bonchev–Trinajstić information content (AvgIpc) is 2.52. The molecule has 5 rings (SSSR count). The Morgan fingerprint density at radius 3 is 1.50 bits per heavy atom. The molecule has 0 N–H and O–H groups in total. The van der Waals surface area contributed by atoms with Crippen molar-refractivity contribution >= 4 is 11.9 Å². The minimum Gasteiger partial charge on any atom is -0.426 e. The van der Waals surface area contributed by atoms with E-state index in [-0.39, 0.29) is 11.9 Å². The second-order valence-electron chi connectivity index (χ2n) is 8.27. The van der Waals surface area contributed by atoms with Crippen molar-refractivity contribution in [3.05, 3.63) is 58.7 Å². The number of benzene rings is 2. The molecule has 2 aromatic carbocycles. The predicted octanol–water partition coefficient (Wildman–Crippen LogP) is 3.60. The molecule has 132 valence electrons. The SMILES string of the molecule is Cc1ccc2c(c1)OC(=O)C1C2(C)C2C(=O)Oc3cc(C)ccc3C12C. The van der Waals surface area contributed by atoms with Gasteiger partial charge in [0.2, 0.25) is 0 Å². The van der Waals surface area contributed by atoms with Gasteiger partial charge in [0.1, 0.15) is 11.5 Å². The number of ether oxygens (including phenoxy) is 2. The topological polar surface area (TPSA) is 52.6 Å². The third-order valence-electron chi connectivity index (χ3n) is 6.73. The van der Waals surface area contributed by atoms with Crippen molar-refractivity contribution in [2.24, 2.45) is 11.8 Å². The summed E-state index contributed by atoms with van der Waals surface area (Å²) >= 11 is 0. The Hall–Kier alpha value is -2.62. The van der Waals surface area contributed by atoms with Crippen LogP contribution in [0.25, 0.3) is 0 Å².